The highest BCUT2D eigenvalue weighted by molar-refractivity contribution is 5.92. The fourth-order valence-electron chi connectivity index (χ4n) is 2.98. The second-order valence-electron chi connectivity index (χ2n) is 4.97. The first-order valence-electron chi connectivity index (χ1n) is 5.65. The molecule has 15 heavy (non-hydrogen) atoms. The Kier molecular flexibility index (Phi) is 1.86. The summed E-state index contributed by atoms with van der Waals surface area (Å²) in [6, 6.07) is 0. The van der Waals surface area contributed by atoms with Gasteiger partial charge in [0.05, 0.1) is 13.2 Å². The van der Waals surface area contributed by atoms with E-state index in [0.717, 1.165) is 19.3 Å². The van der Waals surface area contributed by atoms with Gasteiger partial charge >= 0.3 is 0 Å². The molecule has 0 aromatic heterocycles. The Hall–Kier alpha value is -0.670. The fraction of sp³-hybridized carbons (Fsp3) is 0.750. The highest BCUT2D eigenvalue weighted by atomic mass is 16.7. The van der Waals surface area contributed by atoms with E-state index in [4.69, 9.17) is 9.47 Å². The number of hydrogen-bond donors (Lipinski definition) is 0. The third-order valence-corrected chi connectivity index (χ3v) is 4.14. The van der Waals surface area contributed by atoms with Crippen LogP contribution in [-0.4, -0.2) is 24.8 Å². The molecule has 0 bridgehead atoms. The third kappa shape index (κ3) is 1.23. The van der Waals surface area contributed by atoms with Gasteiger partial charge in [0.25, 0.3) is 0 Å². The Bertz CT molecular complexity index is 339. The molecule has 0 unspecified atom stereocenters. The first-order chi connectivity index (χ1) is 7.15. The molecule has 1 heterocycles. The predicted octanol–water partition coefficient (Wildman–Crippen LogP) is 1.82. The van der Waals surface area contributed by atoms with Crippen molar-refractivity contribution in [1.29, 1.82) is 0 Å². The number of ether oxygens (including phenoxy) is 2. The van der Waals surface area contributed by atoms with E-state index in [1.54, 1.807) is 0 Å². The molecule has 1 atom stereocenters. The number of hydrogen-bond acceptors (Lipinski definition) is 3. The Balaban J connectivity index is 1.88. The lowest BCUT2D eigenvalue weighted by Gasteiger charge is -2.40. The molecule has 3 rings (SSSR count). The highest BCUT2D eigenvalue weighted by Gasteiger charge is 2.51. The number of fused-ring (bicyclic) bond motifs is 1. The van der Waals surface area contributed by atoms with E-state index >= 15 is 0 Å². The summed E-state index contributed by atoms with van der Waals surface area (Å²) in [5.41, 5.74) is 1.03. The Labute approximate surface area is 89.4 Å². The van der Waals surface area contributed by atoms with Crippen molar-refractivity contribution < 1.29 is 14.3 Å². The lowest BCUT2D eigenvalue weighted by molar-refractivity contribution is -0.176. The van der Waals surface area contributed by atoms with Crippen LogP contribution in [0.15, 0.2) is 11.6 Å². The smallest absolute Gasteiger partial charge is 0.172 e. The van der Waals surface area contributed by atoms with E-state index in [1.807, 2.05) is 0 Å². The van der Waals surface area contributed by atoms with Crippen LogP contribution in [0.3, 0.4) is 0 Å². The summed E-state index contributed by atoms with van der Waals surface area (Å²) in [7, 11) is 0. The molecular formula is C12H16O3. The average Bonchev–Trinajstić information content (AvgIpc) is 2.78. The molecule has 2 fully saturated rings. The lowest BCUT2D eigenvalue weighted by atomic mass is 9.70. The maximum atomic E-state index is 11.8. The van der Waals surface area contributed by atoms with Crippen LogP contribution in [0.5, 0.6) is 0 Å². The van der Waals surface area contributed by atoms with E-state index < -0.39 is 5.79 Å². The predicted molar refractivity (Wildman–Crippen MR) is 54.3 cm³/mol. The van der Waals surface area contributed by atoms with Crippen LogP contribution >= 0.6 is 0 Å². The number of allylic oxidation sites excluding steroid dienone is 1. The Morgan fingerprint density at radius 2 is 2.00 bits per heavy atom. The first-order valence-corrected chi connectivity index (χ1v) is 5.65. The van der Waals surface area contributed by atoms with Crippen LogP contribution in [0.4, 0.5) is 0 Å². The largest absolute Gasteiger partial charge is 0.347 e. The molecule has 1 aliphatic heterocycles. The molecule has 0 N–H and O–H groups in total. The molecule has 3 aliphatic rings. The fourth-order valence-corrected chi connectivity index (χ4v) is 2.98. The summed E-state index contributed by atoms with van der Waals surface area (Å²) >= 11 is 0. The minimum Gasteiger partial charge on any atom is -0.347 e. The van der Waals surface area contributed by atoms with Gasteiger partial charge in [0.15, 0.2) is 5.79 Å². The normalized spacial score (nSPS) is 38.2. The van der Waals surface area contributed by atoms with Gasteiger partial charge in [-0.25, -0.2) is 0 Å². The first kappa shape index (κ1) is 9.55. The maximum Gasteiger partial charge on any atom is 0.172 e. The molecular weight excluding hydrogens is 192 g/mol. The number of carbonyl (C=O) groups is 1. The quantitative estimate of drug-likeness (QED) is 0.570. The number of ketones is 1. The molecule has 82 valence electrons. The third-order valence-electron chi connectivity index (χ3n) is 4.14. The van der Waals surface area contributed by atoms with Crippen LogP contribution in [0.25, 0.3) is 0 Å². The van der Waals surface area contributed by atoms with Gasteiger partial charge in [-0.3, -0.25) is 4.79 Å². The molecule has 0 amide bonds. The zero-order valence-electron chi connectivity index (χ0n) is 9.04. The molecule has 1 saturated carbocycles. The van der Waals surface area contributed by atoms with Gasteiger partial charge in [-0.05, 0) is 13.3 Å². The van der Waals surface area contributed by atoms with E-state index in [1.165, 1.54) is 5.57 Å². The van der Waals surface area contributed by atoms with Crippen molar-refractivity contribution in [3.8, 4) is 0 Å². The minimum absolute atomic E-state index is 0.208. The van der Waals surface area contributed by atoms with E-state index in [0.29, 0.717) is 25.4 Å². The van der Waals surface area contributed by atoms with Gasteiger partial charge in [0.1, 0.15) is 5.78 Å². The molecule has 0 aromatic carbocycles. The monoisotopic (exact) mass is 208 g/mol. The van der Waals surface area contributed by atoms with Gasteiger partial charge in [-0.15, -0.1) is 0 Å². The average molecular weight is 208 g/mol. The van der Waals surface area contributed by atoms with Gasteiger partial charge in [-0.1, -0.05) is 11.6 Å². The summed E-state index contributed by atoms with van der Waals surface area (Å²) in [4.78, 5) is 11.8. The van der Waals surface area contributed by atoms with E-state index in [9.17, 15) is 4.79 Å². The molecule has 1 saturated heterocycles. The molecule has 1 spiro atoms. The second-order valence-corrected chi connectivity index (χ2v) is 4.97. The van der Waals surface area contributed by atoms with Crippen molar-refractivity contribution in [2.24, 2.45) is 5.41 Å². The molecule has 3 heteroatoms. The SMILES string of the molecule is C[C@]12CCC3(CC1=CCC2=O)OCCO3. The van der Waals surface area contributed by atoms with E-state index in [-0.39, 0.29) is 5.41 Å². The Morgan fingerprint density at radius 1 is 1.27 bits per heavy atom. The summed E-state index contributed by atoms with van der Waals surface area (Å²) in [6.45, 7) is 3.45. The van der Waals surface area contributed by atoms with Crippen molar-refractivity contribution in [3.63, 3.8) is 0 Å². The van der Waals surface area contributed by atoms with E-state index in [2.05, 4.69) is 13.0 Å². The van der Waals surface area contributed by atoms with Gasteiger partial charge in [0.2, 0.25) is 0 Å². The van der Waals surface area contributed by atoms with Crippen molar-refractivity contribution in [2.45, 2.75) is 38.4 Å². The summed E-state index contributed by atoms with van der Waals surface area (Å²) in [5.74, 6) is -0.0268. The van der Waals surface area contributed by atoms with Gasteiger partial charge in [-0.2, -0.15) is 0 Å². The van der Waals surface area contributed by atoms with Crippen LogP contribution in [0.2, 0.25) is 0 Å². The Morgan fingerprint density at radius 3 is 2.73 bits per heavy atom. The maximum absolute atomic E-state index is 11.8. The minimum atomic E-state index is -0.393. The van der Waals surface area contributed by atoms with Crippen LogP contribution in [-0.2, 0) is 14.3 Å². The molecule has 0 radical (unpaired) electrons. The topological polar surface area (TPSA) is 35.5 Å². The summed E-state index contributed by atoms with van der Waals surface area (Å²) < 4.78 is 11.4. The van der Waals surface area contributed by atoms with Crippen molar-refractivity contribution in [1.82, 2.24) is 0 Å². The molecule has 0 aromatic rings. The molecule has 2 aliphatic carbocycles. The zero-order chi connectivity index (χ0) is 10.5. The van der Waals surface area contributed by atoms with Crippen LogP contribution in [0.1, 0.15) is 32.6 Å². The lowest BCUT2D eigenvalue weighted by Crippen LogP contribution is -2.41. The van der Waals surface area contributed by atoms with Gasteiger partial charge in [0, 0.05) is 24.7 Å². The van der Waals surface area contributed by atoms with Crippen LogP contribution in [0, 0.1) is 5.41 Å². The number of carbonyl (C=O) groups excluding carboxylic acids is 1. The molecule has 3 nitrogen and oxygen atoms in total. The van der Waals surface area contributed by atoms with Crippen LogP contribution < -0.4 is 0 Å². The van der Waals surface area contributed by atoms with Gasteiger partial charge < -0.3 is 9.47 Å². The van der Waals surface area contributed by atoms with Crippen molar-refractivity contribution in [2.75, 3.05) is 13.2 Å². The van der Waals surface area contributed by atoms with Crippen molar-refractivity contribution >= 4 is 5.78 Å². The zero-order valence-corrected chi connectivity index (χ0v) is 9.04. The standard InChI is InChI=1S/C12H16O3/c1-11-4-5-12(14-6-7-15-12)8-9(11)2-3-10(11)13/h2H,3-8H2,1H3/t11-/m0/s1. The number of Topliss-reactive ketones (excluding diaryl/α,β-unsaturated/α-hetero) is 1. The summed E-state index contributed by atoms with van der Waals surface area (Å²) in [6.07, 6.45) is 5.19. The number of rotatable bonds is 0. The van der Waals surface area contributed by atoms with Crippen molar-refractivity contribution in [3.05, 3.63) is 11.6 Å². The highest BCUT2D eigenvalue weighted by Crippen LogP contribution is 2.51. The summed E-state index contributed by atoms with van der Waals surface area (Å²) in [5, 5.41) is 0. The second kappa shape index (κ2) is 2.92.